The van der Waals surface area contributed by atoms with Gasteiger partial charge in [0.05, 0.1) is 7.11 Å². The summed E-state index contributed by atoms with van der Waals surface area (Å²) in [4.78, 5) is 2.30. The molecule has 1 atom stereocenters. The molecule has 0 fully saturated rings. The molecule has 0 heterocycles. The van der Waals surface area contributed by atoms with E-state index in [0.717, 1.165) is 25.3 Å². The molecule has 3 heteroatoms. The zero-order chi connectivity index (χ0) is 14.4. The second kappa shape index (κ2) is 7.39. The van der Waals surface area contributed by atoms with E-state index in [1.807, 2.05) is 0 Å². The number of methoxy groups -OCH3 is 1. The van der Waals surface area contributed by atoms with E-state index in [4.69, 9.17) is 10.5 Å². The van der Waals surface area contributed by atoms with Gasteiger partial charge in [0.2, 0.25) is 0 Å². The van der Waals surface area contributed by atoms with Gasteiger partial charge in [0, 0.05) is 19.3 Å². The van der Waals surface area contributed by atoms with Crippen LogP contribution in [-0.4, -0.2) is 27.2 Å². The number of nitrogens with two attached hydrogens (primary N) is 1. The first-order chi connectivity index (χ1) is 8.99. The van der Waals surface area contributed by atoms with Gasteiger partial charge in [0.15, 0.2) is 0 Å². The van der Waals surface area contributed by atoms with Gasteiger partial charge < -0.3 is 15.4 Å². The molecule has 0 spiro atoms. The Balaban J connectivity index is 2.86. The Labute approximate surface area is 117 Å². The summed E-state index contributed by atoms with van der Waals surface area (Å²) in [5, 5.41) is 0. The van der Waals surface area contributed by atoms with Crippen molar-refractivity contribution in [2.75, 3.05) is 32.1 Å². The largest absolute Gasteiger partial charge is 0.496 e. The van der Waals surface area contributed by atoms with Gasteiger partial charge >= 0.3 is 0 Å². The van der Waals surface area contributed by atoms with Crippen LogP contribution in [0.2, 0.25) is 0 Å². The number of nitrogens with zero attached hydrogens (tertiary/aromatic N) is 1. The monoisotopic (exact) mass is 264 g/mol. The molecule has 19 heavy (non-hydrogen) atoms. The highest BCUT2D eigenvalue weighted by Crippen LogP contribution is 2.30. The van der Waals surface area contributed by atoms with E-state index >= 15 is 0 Å². The molecule has 108 valence electrons. The van der Waals surface area contributed by atoms with E-state index in [1.165, 1.54) is 11.3 Å². The SMILES string of the molecule is COc1ccc(N(C)CC(C)CCN)cc1C(C)C. The van der Waals surface area contributed by atoms with Gasteiger partial charge in [-0.15, -0.1) is 0 Å². The Bertz CT molecular complexity index is 390. The van der Waals surface area contributed by atoms with Crippen LogP contribution in [0.15, 0.2) is 18.2 Å². The zero-order valence-electron chi connectivity index (χ0n) is 12.9. The molecule has 0 amide bonds. The topological polar surface area (TPSA) is 38.5 Å². The van der Waals surface area contributed by atoms with E-state index in [9.17, 15) is 0 Å². The smallest absolute Gasteiger partial charge is 0.122 e. The molecule has 0 radical (unpaired) electrons. The molecule has 0 aliphatic rings. The molecular weight excluding hydrogens is 236 g/mol. The molecule has 1 aromatic carbocycles. The van der Waals surface area contributed by atoms with Gasteiger partial charge in [0.25, 0.3) is 0 Å². The maximum absolute atomic E-state index is 5.61. The van der Waals surface area contributed by atoms with Crippen LogP contribution in [-0.2, 0) is 0 Å². The van der Waals surface area contributed by atoms with Crippen molar-refractivity contribution in [2.24, 2.45) is 11.7 Å². The van der Waals surface area contributed by atoms with Gasteiger partial charge in [-0.1, -0.05) is 20.8 Å². The van der Waals surface area contributed by atoms with Crippen molar-refractivity contribution < 1.29 is 4.74 Å². The molecule has 0 aliphatic heterocycles. The van der Waals surface area contributed by atoms with Crippen LogP contribution < -0.4 is 15.4 Å². The van der Waals surface area contributed by atoms with Crippen LogP contribution in [0.1, 0.15) is 38.7 Å². The van der Waals surface area contributed by atoms with Crippen LogP contribution in [0.5, 0.6) is 5.75 Å². The molecular formula is C16H28N2O. The zero-order valence-corrected chi connectivity index (χ0v) is 12.9. The fourth-order valence-electron chi connectivity index (χ4n) is 2.36. The standard InChI is InChI=1S/C16H28N2O/c1-12(2)15-10-14(6-7-16(15)19-5)18(4)11-13(3)8-9-17/h6-7,10,12-13H,8-9,11,17H2,1-5H3. The minimum absolute atomic E-state index is 0.463. The number of hydrogen-bond donors (Lipinski definition) is 1. The van der Waals surface area contributed by atoms with Crippen molar-refractivity contribution in [1.29, 1.82) is 0 Å². The lowest BCUT2D eigenvalue weighted by Gasteiger charge is -2.25. The quantitative estimate of drug-likeness (QED) is 0.821. The maximum Gasteiger partial charge on any atom is 0.122 e. The summed E-state index contributed by atoms with van der Waals surface area (Å²) >= 11 is 0. The summed E-state index contributed by atoms with van der Waals surface area (Å²) in [5.41, 5.74) is 8.12. The molecule has 1 aromatic rings. The molecule has 2 N–H and O–H groups in total. The number of rotatable bonds is 7. The van der Waals surface area contributed by atoms with Crippen molar-refractivity contribution in [3.8, 4) is 5.75 Å². The third-order valence-corrected chi connectivity index (χ3v) is 3.52. The summed E-state index contributed by atoms with van der Waals surface area (Å²) in [6.45, 7) is 8.42. The molecule has 0 saturated heterocycles. The second-order valence-electron chi connectivity index (χ2n) is 5.64. The highest BCUT2D eigenvalue weighted by atomic mass is 16.5. The normalized spacial score (nSPS) is 12.6. The Kier molecular flexibility index (Phi) is 6.16. The first kappa shape index (κ1) is 15.8. The first-order valence-electron chi connectivity index (χ1n) is 7.08. The van der Waals surface area contributed by atoms with Gasteiger partial charge in [-0.05, 0) is 48.6 Å². The molecule has 0 saturated carbocycles. The number of benzene rings is 1. The summed E-state index contributed by atoms with van der Waals surface area (Å²) in [7, 11) is 3.87. The van der Waals surface area contributed by atoms with Gasteiger partial charge in [0.1, 0.15) is 5.75 Å². The minimum Gasteiger partial charge on any atom is -0.496 e. The lowest BCUT2D eigenvalue weighted by molar-refractivity contribution is 0.407. The van der Waals surface area contributed by atoms with Gasteiger partial charge in [-0.2, -0.15) is 0 Å². The minimum atomic E-state index is 0.463. The third kappa shape index (κ3) is 4.43. The van der Waals surface area contributed by atoms with Crippen molar-refractivity contribution in [2.45, 2.75) is 33.1 Å². The Morgan fingerprint density at radius 2 is 1.95 bits per heavy atom. The van der Waals surface area contributed by atoms with Crippen LogP contribution in [0.25, 0.3) is 0 Å². The fraction of sp³-hybridized carbons (Fsp3) is 0.625. The van der Waals surface area contributed by atoms with E-state index in [0.29, 0.717) is 11.8 Å². The average Bonchev–Trinajstić information content (AvgIpc) is 2.37. The highest BCUT2D eigenvalue weighted by molar-refractivity contribution is 5.53. The van der Waals surface area contributed by atoms with Crippen LogP contribution in [0.3, 0.4) is 0 Å². The van der Waals surface area contributed by atoms with Crippen LogP contribution in [0.4, 0.5) is 5.69 Å². The summed E-state index contributed by atoms with van der Waals surface area (Å²) in [6, 6.07) is 6.42. The van der Waals surface area contributed by atoms with Crippen molar-refractivity contribution in [3.63, 3.8) is 0 Å². The maximum atomic E-state index is 5.61. The second-order valence-corrected chi connectivity index (χ2v) is 5.64. The summed E-state index contributed by atoms with van der Waals surface area (Å²) in [5.74, 6) is 2.05. The van der Waals surface area contributed by atoms with Crippen molar-refractivity contribution in [1.82, 2.24) is 0 Å². The predicted molar refractivity (Wildman–Crippen MR) is 83.2 cm³/mol. The lowest BCUT2D eigenvalue weighted by Crippen LogP contribution is -2.25. The lowest BCUT2D eigenvalue weighted by atomic mass is 10.0. The van der Waals surface area contributed by atoms with E-state index in [2.05, 4.69) is 50.9 Å². The number of anilines is 1. The number of hydrogen-bond acceptors (Lipinski definition) is 3. The van der Waals surface area contributed by atoms with E-state index in [-0.39, 0.29) is 0 Å². The Morgan fingerprint density at radius 3 is 2.47 bits per heavy atom. The third-order valence-electron chi connectivity index (χ3n) is 3.52. The summed E-state index contributed by atoms with van der Waals surface area (Å²) < 4.78 is 5.43. The Morgan fingerprint density at radius 1 is 1.26 bits per heavy atom. The molecule has 0 bridgehead atoms. The van der Waals surface area contributed by atoms with Gasteiger partial charge in [-0.3, -0.25) is 0 Å². The van der Waals surface area contributed by atoms with Crippen molar-refractivity contribution in [3.05, 3.63) is 23.8 Å². The molecule has 1 rings (SSSR count). The van der Waals surface area contributed by atoms with E-state index < -0.39 is 0 Å². The molecule has 0 aromatic heterocycles. The summed E-state index contributed by atoms with van der Waals surface area (Å²) in [6.07, 6.45) is 1.07. The first-order valence-corrected chi connectivity index (χ1v) is 7.08. The average molecular weight is 264 g/mol. The number of ether oxygens (including phenoxy) is 1. The van der Waals surface area contributed by atoms with Crippen LogP contribution in [0, 0.1) is 5.92 Å². The Hall–Kier alpha value is -1.22. The molecule has 3 nitrogen and oxygen atoms in total. The van der Waals surface area contributed by atoms with Gasteiger partial charge in [-0.25, -0.2) is 0 Å². The predicted octanol–water partition coefficient (Wildman–Crippen LogP) is 3.24. The molecule has 1 unspecified atom stereocenters. The highest BCUT2D eigenvalue weighted by Gasteiger charge is 2.12. The van der Waals surface area contributed by atoms with Crippen molar-refractivity contribution >= 4 is 5.69 Å². The molecule has 0 aliphatic carbocycles. The van der Waals surface area contributed by atoms with Crippen LogP contribution >= 0.6 is 0 Å². The fourth-order valence-corrected chi connectivity index (χ4v) is 2.36. The van der Waals surface area contributed by atoms with E-state index in [1.54, 1.807) is 7.11 Å².